The Morgan fingerprint density at radius 3 is 2.57 bits per heavy atom. The standard InChI is InChI=1S/C26H24N4O4S/c31-24-23-18(17-6-2-1-3-7-17)16-35-25(23)28-22(27-24)14-29-10-12-30(13-11-29)26(32)21-15-33-19-8-4-5-9-20(19)34-21/h1-9,16,21H,10-15H2,(H,27,28,31)/t21-/m1/s1. The molecule has 0 bridgehead atoms. The van der Waals surface area contributed by atoms with Crippen molar-refractivity contribution >= 4 is 27.5 Å². The van der Waals surface area contributed by atoms with E-state index in [1.165, 1.54) is 11.3 Å². The number of H-pyrrole nitrogens is 1. The van der Waals surface area contributed by atoms with Gasteiger partial charge in [-0.25, -0.2) is 4.98 Å². The Morgan fingerprint density at radius 1 is 1.03 bits per heavy atom. The van der Waals surface area contributed by atoms with Gasteiger partial charge < -0.3 is 19.4 Å². The summed E-state index contributed by atoms with van der Waals surface area (Å²) in [7, 11) is 0. The molecule has 35 heavy (non-hydrogen) atoms. The topological polar surface area (TPSA) is 87.8 Å². The van der Waals surface area contributed by atoms with Crippen LogP contribution in [-0.2, 0) is 11.3 Å². The molecule has 4 aromatic rings. The third-order valence-corrected chi connectivity index (χ3v) is 7.29. The van der Waals surface area contributed by atoms with Crippen molar-refractivity contribution in [1.29, 1.82) is 0 Å². The zero-order valence-electron chi connectivity index (χ0n) is 19.0. The van der Waals surface area contributed by atoms with Crippen molar-refractivity contribution in [1.82, 2.24) is 19.8 Å². The number of rotatable bonds is 4. The minimum atomic E-state index is -0.630. The Labute approximate surface area is 205 Å². The van der Waals surface area contributed by atoms with E-state index >= 15 is 0 Å². The maximum atomic E-state index is 13.0. The Kier molecular flexibility index (Phi) is 5.71. The minimum absolute atomic E-state index is 0.0564. The van der Waals surface area contributed by atoms with Gasteiger partial charge in [0.2, 0.25) is 6.10 Å². The zero-order valence-corrected chi connectivity index (χ0v) is 19.8. The number of para-hydroxylation sites is 2. The number of ether oxygens (including phenoxy) is 2. The van der Waals surface area contributed by atoms with Crippen molar-refractivity contribution in [3.63, 3.8) is 0 Å². The minimum Gasteiger partial charge on any atom is -0.485 e. The molecule has 2 aromatic carbocycles. The number of amides is 1. The predicted octanol–water partition coefficient (Wildman–Crippen LogP) is 3.14. The quantitative estimate of drug-likeness (QED) is 0.475. The van der Waals surface area contributed by atoms with Gasteiger partial charge in [-0.15, -0.1) is 11.3 Å². The molecule has 8 nitrogen and oxygen atoms in total. The van der Waals surface area contributed by atoms with E-state index in [2.05, 4.69) is 9.88 Å². The van der Waals surface area contributed by atoms with E-state index in [-0.39, 0.29) is 18.1 Å². The molecule has 178 valence electrons. The lowest BCUT2D eigenvalue weighted by atomic mass is 10.1. The molecule has 1 saturated heterocycles. The highest BCUT2D eigenvalue weighted by molar-refractivity contribution is 7.17. The second-order valence-electron chi connectivity index (χ2n) is 8.67. The molecule has 2 aliphatic heterocycles. The van der Waals surface area contributed by atoms with Crippen LogP contribution < -0.4 is 15.0 Å². The Morgan fingerprint density at radius 2 is 1.77 bits per heavy atom. The average molecular weight is 489 g/mol. The highest BCUT2D eigenvalue weighted by atomic mass is 32.1. The first-order valence-corrected chi connectivity index (χ1v) is 12.5. The summed E-state index contributed by atoms with van der Waals surface area (Å²) in [6.07, 6.45) is -0.630. The molecule has 9 heteroatoms. The lowest BCUT2D eigenvalue weighted by Gasteiger charge is -2.36. The summed E-state index contributed by atoms with van der Waals surface area (Å²) >= 11 is 1.49. The number of thiophene rings is 1. The Balaban J connectivity index is 1.10. The number of hydrogen-bond donors (Lipinski definition) is 1. The van der Waals surface area contributed by atoms with Crippen molar-refractivity contribution in [2.75, 3.05) is 32.8 Å². The Hall–Kier alpha value is -3.69. The van der Waals surface area contributed by atoms with Crippen LogP contribution in [0.4, 0.5) is 0 Å². The number of carbonyl (C=O) groups is 1. The van der Waals surface area contributed by atoms with Crippen LogP contribution in [0.5, 0.6) is 11.5 Å². The molecular weight excluding hydrogens is 464 g/mol. The van der Waals surface area contributed by atoms with Gasteiger partial charge in [0.05, 0.1) is 11.9 Å². The maximum Gasteiger partial charge on any atom is 0.267 e. The Bertz CT molecular complexity index is 1430. The highest BCUT2D eigenvalue weighted by Crippen LogP contribution is 2.32. The van der Waals surface area contributed by atoms with Gasteiger partial charge in [-0.2, -0.15) is 0 Å². The average Bonchev–Trinajstić information content (AvgIpc) is 3.34. The van der Waals surface area contributed by atoms with Crippen LogP contribution in [0, 0.1) is 0 Å². The fraction of sp³-hybridized carbons (Fsp3) is 0.269. The molecule has 6 rings (SSSR count). The number of piperazine rings is 1. The summed E-state index contributed by atoms with van der Waals surface area (Å²) in [5.41, 5.74) is 1.80. The molecule has 0 radical (unpaired) electrons. The number of benzene rings is 2. The van der Waals surface area contributed by atoms with Gasteiger partial charge in [0.1, 0.15) is 17.3 Å². The molecule has 0 saturated carbocycles. The molecule has 1 fully saturated rings. The van der Waals surface area contributed by atoms with Gasteiger partial charge in [-0.1, -0.05) is 42.5 Å². The summed E-state index contributed by atoms with van der Waals surface area (Å²) in [5, 5.41) is 2.63. The van der Waals surface area contributed by atoms with Crippen LogP contribution >= 0.6 is 11.3 Å². The van der Waals surface area contributed by atoms with E-state index in [4.69, 9.17) is 14.5 Å². The SMILES string of the molecule is O=C([C@H]1COc2ccccc2O1)N1CCN(Cc2nc3scc(-c4ccccc4)c3c(=O)[nH]2)CC1. The number of aromatic nitrogens is 2. The highest BCUT2D eigenvalue weighted by Gasteiger charge is 2.32. The van der Waals surface area contributed by atoms with Gasteiger partial charge in [-0.3, -0.25) is 14.5 Å². The largest absolute Gasteiger partial charge is 0.485 e. The molecule has 0 aliphatic carbocycles. The van der Waals surface area contributed by atoms with Crippen molar-refractivity contribution in [2.24, 2.45) is 0 Å². The van der Waals surface area contributed by atoms with Gasteiger partial charge in [0.25, 0.3) is 11.5 Å². The van der Waals surface area contributed by atoms with Crippen LogP contribution in [0.25, 0.3) is 21.3 Å². The lowest BCUT2D eigenvalue weighted by molar-refractivity contribution is -0.143. The number of hydrogen-bond acceptors (Lipinski definition) is 7. The molecular formula is C26H24N4O4S. The van der Waals surface area contributed by atoms with E-state index in [9.17, 15) is 9.59 Å². The van der Waals surface area contributed by atoms with Gasteiger partial charge in [-0.05, 0) is 17.7 Å². The molecule has 1 amide bonds. The monoisotopic (exact) mass is 488 g/mol. The van der Waals surface area contributed by atoms with E-state index < -0.39 is 6.10 Å². The lowest BCUT2D eigenvalue weighted by Crippen LogP contribution is -2.53. The van der Waals surface area contributed by atoms with Gasteiger partial charge in [0, 0.05) is 37.1 Å². The smallest absolute Gasteiger partial charge is 0.267 e. The molecule has 0 unspecified atom stereocenters. The molecule has 1 atom stereocenters. The van der Waals surface area contributed by atoms with E-state index in [0.29, 0.717) is 55.4 Å². The maximum absolute atomic E-state index is 13.0. The summed E-state index contributed by atoms with van der Waals surface area (Å²) in [6.45, 7) is 3.30. The molecule has 2 aliphatic rings. The number of nitrogens with zero attached hydrogens (tertiary/aromatic N) is 3. The van der Waals surface area contributed by atoms with Crippen LogP contribution in [-0.4, -0.2) is 64.6 Å². The van der Waals surface area contributed by atoms with Crippen LogP contribution in [0.1, 0.15) is 5.82 Å². The number of carbonyl (C=O) groups excluding carboxylic acids is 1. The second-order valence-corrected chi connectivity index (χ2v) is 9.53. The number of fused-ring (bicyclic) bond motifs is 2. The predicted molar refractivity (Wildman–Crippen MR) is 134 cm³/mol. The van der Waals surface area contributed by atoms with E-state index in [1.54, 1.807) is 0 Å². The first kappa shape index (κ1) is 21.8. The van der Waals surface area contributed by atoms with E-state index in [1.807, 2.05) is 64.9 Å². The third-order valence-electron chi connectivity index (χ3n) is 6.42. The van der Waals surface area contributed by atoms with Crippen LogP contribution in [0.2, 0.25) is 0 Å². The molecule has 1 N–H and O–H groups in total. The summed E-state index contributed by atoms with van der Waals surface area (Å²) < 4.78 is 11.6. The normalized spacial score (nSPS) is 18.1. The number of nitrogens with one attached hydrogen (secondary N) is 1. The van der Waals surface area contributed by atoms with Crippen LogP contribution in [0.3, 0.4) is 0 Å². The summed E-state index contributed by atoms with van der Waals surface area (Å²) in [4.78, 5) is 38.4. The first-order valence-electron chi connectivity index (χ1n) is 11.6. The second kappa shape index (κ2) is 9.16. The van der Waals surface area contributed by atoms with E-state index in [0.717, 1.165) is 16.0 Å². The van der Waals surface area contributed by atoms with Gasteiger partial charge >= 0.3 is 0 Å². The molecule has 4 heterocycles. The first-order chi connectivity index (χ1) is 17.2. The number of aromatic amines is 1. The van der Waals surface area contributed by atoms with Crippen LogP contribution in [0.15, 0.2) is 64.8 Å². The summed E-state index contributed by atoms with van der Waals surface area (Å²) in [6, 6.07) is 17.3. The zero-order chi connectivity index (χ0) is 23.8. The van der Waals surface area contributed by atoms with Gasteiger partial charge in [0.15, 0.2) is 11.5 Å². The molecule has 0 spiro atoms. The summed E-state index contributed by atoms with van der Waals surface area (Å²) in [5.74, 6) is 1.86. The van der Waals surface area contributed by atoms with Crippen molar-refractivity contribution in [3.05, 3.63) is 76.2 Å². The van der Waals surface area contributed by atoms with Crippen molar-refractivity contribution in [2.45, 2.75) is 12.6 Å². The third kappa shape index (κ3) is 4.28. The fourth-order valence-corrected chi connectivity index (χ4v) is 5.55. The molecule has 2 aromatic heterocycles. The van der Waals surface area contributed by atoms with Crippen molar-refractivity contribution in [3.8, 4) is 22.6 Å². The van der Waals surface area contributed by atoms with Crippen molar-refractivity contribution < 1.29 is 14.3 Å². The fourth-order valence-electron chi connectivity index (χ4n) is 4.58.